The summed E-state index contributed by atoms with van der Waals surface area (Å²) in [6.45, 7) is 1.06. The Kier molecular flexibility index (Phi) is 5.26. The molecule has 0 atom stereocenters. The molecule has 0 unspecified atom stereocenters. The van der Waals surface area contributed by atoms with Crippen molar-refractivity contribution in [2.75, 3.05) is 0 Å². The number of rotatable bonds is 4. The lowest BCUT2D eigenvalue weighted by molar-refractivity contribution is 0.305. The first-order valence-corrected chi connectivity index (χ1v) is 8.34. The van der Waals surface area contributed by atoms with Gasteiger partial charge in [-0.25, -0.2) is 0 Å². The lowest BCUT2D eigenvalue weighted by atomic mass is 10.2. The van der Waals surface area contributed by atoms with Crippen molar-refractivity contribution in [3.63, 3.8) is 0 Å². The summed E-state index contributed by atoms with van der Waals surface area (Å²) < 4.78 is 8.75. The molecule has 0 bridgehead atoms. The molecule has 0 fully saturated rings. The molecule has 2 N–H and O–H groups in total. The summed E-state index contributed by atoms with van der Waals surface area (Å²) >= 11 is 12.1. The van der Waals surface area contributed by atoms with Crippen LogP contribution in [-0.2, 0) is 13.2 Å². The van der Waals surface area contributed by atoms with E-state index in [-0.39, 0.29) is 0 Å². The molecule has 0 aliphatic heterocycles. The maximum atomic E-state index is 5.82. The maximum absolute atomic E-state index is 5.82. The van der Waals surface area contributed by atoms with E-state index in [1.807, 2.05) is 24.3 Å². The molecule has 0 saturated carbocycles. The van der Waals surface area contributed by atoms with Crippen molar-refractivity contribution in [1.29, 1.82) is 0 Å². The van der Waals surface area contributed by atoms with Gasteiger partial charge in [0.1, 0.15) is 12.4 Å². The van der Waals surface area contributed by atoms with Crippen LogP contribution in [0.5, 0.6) is 5.75 Å². The van der Waals surface area contributed by atoms with Crippen molar-refractivity contribution in [3.8, 4) is 5.75 Å². The fourth-order valence-corrected chi connectivity index (χ4v) is 4.35. The Bertz CT molecular complexity index is 533. The highest BCUT2D eigenvalue weighted by atomic mass is 79.9. The zero-order chi connectivity index (χ0) is 13.1. The van der Waals surface area contributed by atoms with E-state index in [1.165, 1.54) is 4.88 Å². The van der Waals surface area contributed by atoms with Crippen LogP contribution >= 0.6 is 59.1 Å². The Morgan fingerprint density at radius 1 is 1.11 bits per heavy atom. The molecule has 1 aromatic heterocycles. The average Bonchev–Trinajstić information content (AvgIpc) is 2.73. The van der Waals surface area contributed by atoms with Crippen LogP contribution in [0.25, 0.3) is 0 Å². The molecule has 0 radical (unpaired) electrons. The van der Waals surface area contributed by atoms with Gasteiger partial charge in [0, 0.05) is 11.4 Å². The first-order valence-electron chi connectivity index (χ1n) is 5.15. The number of thiophene rings is 1. The molecule has 0 saturated heterocycles. The zero-order valence-electron chi connectivity index (χ0n) is 9.25. The van der Waals surface area contributed by atoms with Gasteiger partial charge in [-0.15, -0.1) is 11.3 Å². The summed E-state index contributed by atoms with van der Waals surface area (Å²) in [7, 11) is 0. The summed E-state index contributed by atoms with van der Waals surface area (Å²) in [6.07, 6.45) is 0. The highest BCUT2D eigenvalue weighted by Crippen LogP contribution is 2.35. The topological polar surface area (TPSA) is 35.2 Å². The van der Waals surface area contributed by atoms with Crippen LogP contribution in [0.4, 0.5) is 0 Å². The summed E-state index contributed by atoms with van der Waals surface area (Å²) in [5.74, 6) is 0.803. The molecule has 2 nitrogen and oxygen atoms in total. The molecule has 1 aromatic carbocycles. The van der Waals surface area contributed by atoms with Crippen LogP contribution < -0.4 is 10.5 Å². The van der Waals surface area contributed by atoms with E-state index >= 15 is 0 Å². The van der Waals surface area contributed by atoms with Gasteiger partial charge in [-0.3, -0.25) is 0 Å². The van der Waals surface area contributed by atoms with Crippen LogP contribution in [0, 0.1) is 0 Å². The normalized spacial score (nSPS) is 10.7. The molecule has 6 heteroatoms. The van der Waals surface area contributed by atoms with Gasteiger partial charge in [0.2, 0.25) is 0 Å². The summed E-state index contributed by atoms with van der Waals surface area (Å²) in [5.41, 5.74) is 6.67. The Balaban J connectivity index is 2.14. The minimum atomic E-state index is 0.509. The van der Waals surface area contributed by atoms with Crippen molar-refractivity contribution >= 4 is 59.1 Å². The molecular formula is C12H10Br3NOS. The minimum Gasteiger partial charge on any atom is -0.486 e. The van der Waals surface area contributed by atoms with Gasteiger partial charge >= 0.3 is 0 Å². The molecule has 2 rings (SSSR count). The van der Waals surface area contributed by atoms with E-state index in [1.54, 1.807) is 11.3 Å². The van der Waals surface area contributed by atoms with E-state index in [0.29, 0.717) is 13.2 Å². The van der Waals surface area contributed by atoms with Crippen LogP contribution in [-0.4, -0.2) is 0 Å². The van der Waals surface area contributed by atoms with E-state index in [9.17, 15) is 0 Å². The summed E-state index contributed by atoms with van der Waals surface area (Å²) in [5, 5.41) is 0. The first kappa shape index (κ1) is 14.5. The fourth-order valence-electron chi connectivity index (χ4n) is 1.44. The first-order chi connectivity index (χ1) is 8.60. The molecule has 96 valence electrons. The van der Waals surface area contributed by atoms with Crippen LogP contribution in [0.15, 0.2) is 37.0 Å². The van der Waals surface area contributed by atoms with Crippen molar-refractivity contribution < 1.29 is 4.74 Å². The second-order valence-electron chi connectivity index (χ2n) is 3.59. The Labute approximate surface area is 135 Å². The number of nitrogens with two attached hydrogens (primary N) is 1. The SMILES string of the molecule is NCc1cc(Br)c(OCc2ccc(Br)s2)c(Br)c1. The van der Waals surface area contributed by atoms with Gasteiger partial charge in [0.25, 0.3) is 0 Å². The van der Waals surface area contributed by atoms with Gasteiger partial charge in [0.15, 0.2) is 0 Å². The van der Waals surface area contributed by atoms with Crippen molar-refractivity contribution in [3.05, 3.63) is 47.4 Å². The zero-order valence-corrected chi connectivity index (χ0v) is 14.8. The number of hydrogen-bond donors (Lipinski definition) is 1. The van der Waals surface area contributed by atoms with Crippen LogP contribution in [0.2, 0.25) is 0 Å². The van der Waals surface area contributed by atoms with Gasteiger partial charge in [-0.2, -0.15) is 0 Å². The molecule has 0 aliphatic rings. The third-order valence-corrected chi connectivity index (χ3v) is 5.06. The molecular weight excluding hydrogens is 446 g/mol. The quantitative estimate of drug-likeness (QED) is 0.698. The molecule has 2 aromatic rings. The Morgan fingerprint density at radius 3 is 2.28 bits per heavy atom. The Hall–Kier alpha value is 0.120. The average molecular weight is 456 g/mol. The van der Waals surface area contributed by atoms with Crippen LogP contribution in [0.3, 0.4) is 0 Å². The predicted octanol–water partition coefficient (Wildman–Crippen LogP) is 5.07. The number of benzene rings is 1. The Morgan fingerprint density at radius 2 is 1.78 bits per heavy atom. The third kappa shape index (κ3) is 3.57. The summed E-state index contributed by atoms with van der Waals surface area (Å²) in [4.78, 5) is 1.17. The number of hydrogen-bond acceptors (Lipinski definition) is 3. The lowest BCUT2D eigenvalue weighted by Gasteiger charge is -2.11. The molecule has 1 heterocycles. The second kappa shape index (κ2) is 6.52. The maximum Gasteiger partial charge on any atom is 0.148 e. The summed E-state index contributed by atoms with van der Waals surface area (Å²) in [6, 6.07) is 8.02. The lowest BCUT2D eigenvalue weighted by Crippen LogP contribution is -1.99. The standard InChI is InChI=1S/C12H10Br3NOS/c13-9-3-7(5-16)4-10(14)12(9)17-6-8-1-2-11(15)18-8/h1-4H,5-6,16H2. The highest BCUT2D eigenvalue weighted by Gasteiger charge is 2.09. The minimum absolute atomic E-state index is 0.509. The van der Waals surface area contributed by atoms with Gasteiger partial charge in [-0.1, -0.05) is 0 Å². The molecule has 18 heavy (non-hydrogen) atoms. The van der Waals surface area contributed by atoms with Crippen molar-refractivity contribution in [2.24, 2.45) is 5.73 Å². The van der Waals surface area contributed by atoms with E-state index in [0.717, 1.165) is 24.0 Å². The fraction of sp³-hybridized carbons (Fsp3) is 0.167. The van der Waals surface area contributed by atoms with E-state index in [4.69, 9.17) is 10.5 Å². The molecule has 0 aliphatic carbocycles. The van der Waals surface area contributed by atoms with Gasteiger partial charge < -0.3 is 10.5 Å². The predicted molar refractivity (Wildman–Crippen MR) is 86.1 cm³/mol. The van der Waals surface area contributed by atoms with Crippen LogP contribution in [0.1, 0.15) is 10.4 Å². The third-order valence-electron chi connectivity index (χ3n) is 2.28. The van der Waals surface area contributed by atoms with E-state index in [2.05, 4.69) is 47.8 Å². The van der Waals surface area contributed by atoms with Crippen molar-refractivity contribution in [1.82, 2.24) is 0 Å². The number of ether oxygens (including phenoxy) is 1. The molecule has 0 spiro atoms. The van der Waals surface area contributed by atoms with E-state index < -0.39 is 0 Å². The largest absolute Gasteiger partial charge is 0.486 e. The smallest absolute Gasteiger partial charge is 0.148 e. The van der Waals surface area contributed by atoms with Gasteiger partial charge in [-0.05, 0) is 77.6 Å². The van der Waals surface area contributed by atoms with Gasteiger partial charge in [0.05, 0.1) is 12.7 Å². The second-order valence-corrected chi connectivity index (χ2v) is 7.84. The monoisotopic (exact) mass is 453 g/mol. The van der Waals surface area contributed by atoms with Crippen molar-refractivity contribution in [2.45, 2.75) is 13.2 Å². The molecule has 0 amide bonds. The highest BCUT2D eigenvalue weighted by molar-refractivity contribution is 9.11. The number of halogens is 3.